The van der Waals surface area contributed by atoms with Crippen molar-refractivity contribution in [3.8, 4) is 0 Å². The molecule has 4 fully saturated rings. The number of carboxylic acids is 1. The molecular weight excluding hydrogens is 320 g/mol. The zero-order valence-corrected chi connectivity index (χ0v) is 15.2. The molecule has 4 aliphatic rings. The van der Waals surface area contributed by atoms with Crippen LogP contribution in [-0.2, 0) is 4.79 Å². The van der Waals surface area contributed by atoms with Crippen molar-refractivity contribution in [3.05, 3.63) is 12.2 Å². The third-order valence-electron chi connectivity index (χ3n) is 8.67. The lowest BCUT2D eigenvalue weighted by Gasteiger charge is -2.66. The average Bonchev–Trinajstić information content (AvgIpc) is 2.69. The molecular formula is C20H30O5. The second-order valence-corrected chi connectivity index (χ2v) is 9.86. The summed E-state index contributed by atoms with van der Waals surface area (Å²) in [7, 11) is 0. The lowest BCUT2D eigenvalue weighted by atomic mass is 9.39. The summed E-state index contributed by atoms with van der Waals surface area (Å²) in [5, 5.41) is 43.0. The molecule has 4 rings (SSSR count). The predicted molar refractivity (Wildman–Crippen MR) is 91.7 cm³/mol. The number of aliphatic hydroxyl groups is 3. The summed E-state index contributed by atoms with van der Waals surface area (Å²) < 4.78 is 0. The highest BCUT2D eigenvalue weighted by Gasteiger charge is 2.72. The molecule has 140 valence electrons. The van der Waals surface area contributed by atoms with Crippen LogP contribution in [0.1, 0.15) is 58.8 Å². The maximum Gasteiger partial charge on any atom is 0.309 e. The van der Waals surface area contributed by atoms with Crippen molar-refractivity contribution in [2.45, 2.75) is 76.6 Å². The van der Waals surface area contributed by atoms with Crippen LogP contribution in [0, 0.1) is 28.1 Å². The molecule has 4 N–H and O–H groups in total. The quantitative estimate of drug-likeness (QED) is 0.543. The van der Waals surface area contributed by atoms with Gasteiger partial charge < -0.3 is 20.4 Å². The van der Waals surface area contributed by atoms with E-state index in [2.05, 4.69) is 13.5 Å². The molecule has 5 heteroatoms. The Morgan fingerprint density at radius 3 is 2.56 bits per heavy atom. The van der Waals surface area contributed by atoms with E-state index in [1.807, 2.05) is 0 Å². The van der Waals surface area contributed by atoms with Crippen molar-refractivity contribution in [1.29, 1.82) is 0 Å². The Morgan fingerprint density at radius 1 is 1.24 bits per heavy atom. The second kappa shape index (κ2) is 4.87. The summed E-state index contributed by atoms with van der Waals surface area (Å²) in [6, 6.07) is 0. The number of fused-ring (bicyclic) bond motifs is 3. The molecule has 0 saturated heterocycles. The van der Waals surface area contributed by atoms with Crippen molar-refractivity contribution in [1.82, 2.24) is 0 Å². The Labute approximate surface area is 148 Å². The summed E-state index contributed by atoms with van der Waals surface area (Å²) in [6.07, 6.45) is 2.47. The van der Waals surface area contributed by atoms with Gasteiger partial charge in [0.2, 0.25) is 0 Å². The summed E-state index contributed by atoms with van der Waals surface area (Å²) in [6.45, 7) is 7.96. The first kappa shape index (κ1) is 17.5. The fourth-order valence-electron chi connectivity index (χ4n) is 7.64. The van der Waals surface area contributed by atoms with Crippen molar-refractivity contribution in [3.63, 3.8) is 0 Å². The van der Waals surface area contributed by atoms with Crippen LogP contribution in [0.15, 0.2) is 12.2 Å². The van der Waals surface area contributed by atoms with Gasteiger partial charge in [0.05, 0.1) is 23.2 Å². The minimum absolute atomic E-state index is 0.174. The predicted octanol–water partition coefficient (Wildman–Crippen LogP) is 2.10. The Kier molecular flexibility index (Phi) is 3.41. The maximum absolute atomic E-state index is 12.1. The minimum Gasteiger partial charge on any atom is -0.481 e. The van der Waals surface area contributed by atoms with E-state index in [0.717, 1.165) is 12.8 Å². The fourth-order valence-corrected chi connectivity index (χ4v) is 7.64. The topological polar surface area (TPSA) is 98.0 Å². The lowest BCUT2D eigenvalue weighted by molar-refractivity contribution is -0.243. The Bertz CT molecular complexity index is 646. The highest BCUT2D eigenvalue weighted by atomic mass is 16.4. The molecule has 4 saturated carbocycles. The monoisotopic (exact) mass is 350 g/mol. The van der Waals surface area contributed by atoms with Crippen LogP contribution in [0.2, 0.25) is 0 Å². The van der Waals surface area contributed by atoms with Gasteiger partial charge in [-0.05, 0) is 61.9 Å². The summed E-state index contributed by atoms with van der Waals surface area (Å²) >= 11 is 0. The first-order valence-electron chi connectivity index (χ1n) is 9.50. The van der Waals surface area contributed by atoms with Gasteiger partial charge in [-0.15, -0.1) is 0 Å². The van der Waals surface area contributed by atoms with E-state index in [1.54, 1.807) is 6.92 Å². The van der Waals surface area contributed by atoms with E-state index < -0.39 is 34.6 Å². The van der Waals surface area contributed by atoms with Crippen LogP contribution < -0.4 is 0 Å². The number of aliphatic carboxylic acids is 1. The highest BCUT2D eigenvalue weighted by Crippen LogP contribution is 2.72. The largest absolute Gasteiger partial charge is 0.481 e. The molecule has 0 heterocycles. The van der Waals surface area contributed by atoms with Gasteiger partial charge in [0, 0.05) is 11.8 Å². The third-order valence-corrected chi connectivity index (χ3v) is 8.67. The van der Waals surface area contributed by atoms with Gasteiger partial charge in [0.25, 0.3) is 0 Å². The van der Waals surface area contributed by atoms with E-state index in [4.69, 9.17) is 0 Å². The van der Waals surface area contributed by atoms with E-state index in [-0.39, 0.29) is 23.7 Å². The molecule has 0 radical (unpaired) electrons. The first-order chi connectivity index (χ1) is 11.5. The third kappa shape index (κ3) is 1.92. The average molecular weight is 350 g/mol. The molecule has 25 heavy (non-hydrogen) atoms. The number of carboxylic acid groups (broad SMARTS) is 1. The van der Waals surface area contributed by atoms with Gasteiger partial charge >= 0.3 is 5.97 Å². The van der Waals surface area contributed by atoms with Crippen molar-refractivity contribution < 1.29 is 25.2 Å². The van der Waals surface area contributed by atoms with Gasteiger partial charge in [-0.1, -0.05) is 19.9 Å². The van der Waals surface area contributed by atoms with Gasteiger partial charge in [-0.3, -0.25) is 4.79 Å². The van der Waals surface area contributed by atoms with Crippen molar-refractivity contribution >= 4 is 5.97 Å². The van der Waals surface area contributed by atoms with E-state index in [0.29, 0.717) is 31.3 Å². The molecule has 2 bridgehead atoms. The Balaban J connectivity index is 1.85. The molecule has 0 amide bonds. The number of aliphatic hydroxyl groups excluding tert-OH is 2. The van der Waals surface area contributed by atoms with E-state index in [1.165, 1.54) is 0 Å². The smallest absolute Gasteiger partial charge is 0.309 e. The first-order valence-corrected chi connectivity index (χ1v) is 9.50. The van der Waals surface area contributed by atoms with E-state index in [9.17, 15) is 25.2 Å². The van der Waals surface area contributed by atoms with Gasteiger partial charge in [-0.2, -0.15) is 0 Å². The Morgan fingerprint density at radius 2 is 1.92 bits per heavy atom. The molecule has 4 aliphatic carbocycles. The van der Waals surface area contributed by atoms with Crippen LogP contribution in [0.25, 0.3) is 0 Å². The molecule has 0 aliphatic heterocycles. The van der Waals surface area contributed by atoms with Crippen molar-refractivity contribution in [2.75, 3.05) is 0 Å². The molecule has 0 aromatic heterocycles. The van der Waals surface area contributed by atoms with Crippen LogP contribution in [0.4, 0.5) is 0 Å². The fraction of sp³-hybridized carbons (Fsp3) is 0.850. The summed E-state index contributed by atoms with van der Waals surface area (Å²) in [5.41, 5.74) is -2.18. The second-order valence-electron chi connectivity index (χ2n) is 9.86. The lowest BCUT2D eigenvalue weighted by Crippen LogP contribution is -2.66. The molecule has 1 spiro atoms. The number of rotatable bonds is 1. The van der Waals surface area contributed by atoms with Crippen LogP contribution in [0.3, 0.4) is 0 Å². The molecule has 0 unspecified atom stereocenters. The van der Waals surface area contributed by atoms with Crippen LogP contribution >= 0.6 is 0 Å². The highest BCUT2D eigenvalue weighted by molar-refractivity contribution is 5.75. The van der Waals surface area contributed by atoms with Gasteiger partial charge in [0.1, 0.15) is 0 Å². The number of hydrogen-bond acceptors (Lipinski definition) is 4. The summed E-state index contributed by atoms with van der Waals surface area (Å²) in [5.74, 6) is -1.18. The van der Waals surface area contributed by atoms with Gasteiger partial charge in [0.15, 0.2) is 0 Å². The zero-order chi connectivity index (χ0) is 18.4. The van der Waals surface area contributed by atoms with E-state index >= 15 is 0 Å². The van der Waals surface area contributed by atoms with Crippen LogP contribution in [0.5, 0.6) is 0 Å². The van der Waals surface area contributed by atoms with Crippen molar-refractivity contribution in [2.24, 2.45) is 28.1 Å². The summed E-state index contributed by atoms with van der Waals surface area (Å²) in [4.78, 5) is 12.1. The Hall–Kier alpha value is -0.910. The maximum atomic E-state index is 12.1. The van der Waals surface area contributed by atoms with Crippen LogP contribution in [-0.4, -0.2) is 44.2 Å². The zero-order valence-electron chi connectivity index (χ0n) is 15.2. The SMILES string of the molecule is C=C1C[C@]23C[C@@]1(O)C[C@@H](O)[C@H]2[C@]1(C)CCC[C@@](C)(C(=O)O)[C@H]1C[C@@H]3O. The van der Waals surface area contributed by atoms with Gasteiger partial charge in [-0.25, -0.2) is 0 Å². The molecule has 5 nitrogen and oxygen atoms in total. The molecule has 8 atom stereocenters. The molecule has 0 aromatic rings. The normalized spacial score (nSPS) is 57.7. The standard InChI is InChI=1S/C20H30O5/c1-11-8-19-10-20(11,25)9-12(21)15(19)17(2)5-4-6-18(3,16(23)24)13(17)7-14(19)22/h12-15,21-22,25H,1,4-10H2,2-3H3,(H,23,24)/t12-,13+,14+,15+,17-,18-,19-,20+/m1/s1. The number of carbonyl (C=O) groups is 1. The number of hydrogen-bond donors (Lipinski definition) is 4. The minimum atomic E-state index is -1.09. The molecule has 0 aromatic carbocycles.